The molecule has 0 saturated heterocycles. The number of carbonyl (C=O) groups excluding carboxylic acids is 1. The molecule has 1 aliphatic carbocycles. The smallest absolute Gasteiger partial charge is 0.237 e. The van der Waals surface area contributed by atoms with Crippen molar-refractivity contribution >= 4 is 5.91 Å². The first kappa shape index (κ1) is 16.4. The molecule has 0 bridgehead atoms. The van der Waals surface area contributed by atoms with Crippen molar-refractivity contribution in [3.8, 4) is 0 Å². The normalized spacial score (nSPS) is 20.3. The second-order valence-corrected chi connectivity index (χ2v) is 6.49. The van der Waals surface area contributed by atoms with Crippen LogP contribution in [-0.2, 0) is 4.79 Å². The molecule has 4 nitrogen and oxygen atoms in total. The molecule has 0 aromatic rings. The fourth-order valence-electron chi connectivity index (χ4n) is 2.40. The molecule has 0 aromatic heterocycles. The van der Waals surface area contributed by atoms with Gasteiger partial charge in [0.05, 0.1) is 5.54 Å². The van der Waals surface area contributed by atoms with Gasteiger partial charge in [-0.25, -0.2) is 0 Å². The summed E-state index contributed by atoms with van der Waals surface area (Å²) in [5.41, 5.74) is 5.02. The van der Waals surface area contributed by atoms with Crippen molar-refractivity contribution in [1.82, 2.24) is 10.2 Å². The summed E-state index contributed by atoms with van der Waals surface area (Å²) >= 11 is 0. The zero-order valence-electron chi connectivity index (χ0n) is 13.0. The molecule has 1 amide bonds. The highest BCUT2D eigenvalue weighted by atomic mass is 16.1. The Kier molecular flexibility index (Phi) is 6.27. The van der Waals surface area contributed by atoms with Gasteiger partial charge < -0.3 is 16.0 Å². The van der Waals surface area contributed by atoms with Crippen LogP contribution in [0.15, 0.2) is 0 Å². The van der Waals surface area contributed by atoms with E-state index >= 15 is 0 Å². The zero-order valence-corrected chi connectivity index (χ0v) is 13.0. The highest BCUT2D eigenvalue weighted by molar-refractivity contribution is 5.84. The molecule has 2 atom stereocenters. The van der Waals surface area contributed by atoms with E-state index in [9.17, 15) is 4.79 Å². The van der Waals surface area contributed by atoms with Crippen LogP contribution in [0.2, 0.25) is 0 Å². The predicted octanol–water partition coefficient (Wildman–Crippen LogP) is 1.74. The minimum Gasteiger partial charge on any atom is -0.368 e. The number of amides is 1. The summed E-state index contributed by atoms with van der Waals surface area (Å²) in [6, 6.07) is 0.510. The molecular weight excluding hydrogens is 238 g/mol. The van der Waals surface area contributed by atoms with Crippen LogP contribution in [-0.4, -0.2) is 42.5 Å². The first-order valence-electron chi connectivity index (χ1n) is 7.63. The van der Waals surface area contributed by atoms with Crippen molar-refractivity contribution in [2.24, 2.45) is 11.7 Å². The van der Waals surface area contributed by atoms with Gasteiger partial charge in [0, 0.05) is 12.6 Å². The Balaban J connectivity index is 2.29. The van der Waals surface area contributed by atoms with Gasteiger partial charge in [-0.1, -0.05) is 20.3 Å². The highest BCUT2D eigenvalue weighted by Crippen LogP contribution is 2.24. The molecule has 1 aliphatic rings. The number of carbonyl (C=O) groups is 1. The molecule has 19 heavy (non-hydrogen) atoms. The number of hydrogen-bond donors (Lipinski definition) is 2. The van der Waals surface area contributed by atoms with Gasteiger partial charge >= 0.3 is 0 Å². The molecule has 1 saturated carbocycles. The topological polar surface area (TPSA) is 58.4 Å². The van der Waals surface area contributed by atoms with Gasteiger partial charge in [-0.2, -0.15) is 0 Å². The molecule has 1 fully saturated rings. The maximum absolute atomic E-state index is 11.6. The summed E-state index contributed by atoms with van der Waals surface area (Å²) in [5.74, 6) is 0.515. The minimum absolute atomic E-state index is 0.219. The fourth-order valence-corrected chi connectivity index (χ4v) is 2.40. The molecule has 2 unspecified atom stereocenters. The van der Waals surface area contributed by atoms with Crippen LogP contribution in [0.3, 0.4) is 0 Å². The van der Waals surface area contributed by atoms with Crippen molar-refractivity contribution in [3.63, 3.8) is 0 Å². The van der Waals surface area contributed by atoms with Crippen molar-refractivity contribution in [3.05, 3.63) is 0 Å². The van der Waals surface area contributed by atoms with E-state index in [1.54, 1.807) is 0 Å². The van der Waals surface area contributed by atoms with Crippen molar-refractivity contribution in [2.75, 3.05) is 20.1 Å². The molecule has 4 heteroatoms. The Morgan fingerprint density at radius 1 is 1.53 bits per heavy atom. The number of nitrogens with zero attached hydrogens (tertiary/aromatic N) is 1. The third-order valence-corrected chi connectivity index (χ3v) is 4.18. The highest BCUT2D eigenvalue weighted by Gasteiger charge is 2.36. The Morgan fingerprint density at radius 2 is 2.16 bits per heavy atom. The van der Waals surface area contributed by atoms with Gasteiger partial charge in [0.15, 0.2) is 0 Å². The zero-order chi connectivity index (χ0) is 14.5. The van der Waals surface area contributed by atoms with Crippen LogP contribution >= 0.6 is 0 Å². The third kappa shape index (κ3) is 5.91. The van der Waals surface area contributed by atoms with Crippen LogP contribution in [0.4, 0.5) is 0 Å². The van der Waals surface area contributed by atoms with E-state index in [0.717, 1.165) is 31.8 Å². The lowest BCUT2D eigenvalue weighted by Crippen LogP contribution is -2.54. The van der Waals surface area contributed by atoms with Gasteiger partial charge in [0.2, 0.25) is 5.91 Å². The van der Waals surface area contributed by atoms with Crippen molar-refractivity contribution in [2.45, 2.75) is 64.5 Å². The molecule has 112 valence electrons. The lowest BCUT2D eigenvalue weighted by molar-refractivity contribution is -0.124. The molecule has 0 radical (unpaired) electrons. The molecule has 1 rings (SSSR count). The van der Waals surface area contributed by atoms with Crippen molar-refractivity contribution < 1.29 is 4.79 Å². The summed E-state index contributed by atoms with van der Waals surface area (Å²) in [6.45, 7) is 8.60. The Morgan fingerprint density at radius 3 is 2.63 bits per heavy atom. The van der Waals surface area contributed by atoms with E-state index in [-0.39, 0.29) is 5.91 Å². The number of primary amides is 1. The molecule has 0 aromatic carbocycles. The van der Waals surface area contributed by atoms with E-state index in [4.69, 9.17) is 5.73 Å². The molecule has 0 heterocycles. The Labute approximate surface area is 118 Å². The maximum Gasteiger partial charge on any atom is 0.237 e. The molecular formula is C15H31N3O. The van der Waals surface area contributed by atoms with Crippen LogP contribution in [0.25, 0.3) is 0 Å². The van der Waals surface area contributed by atoms with Gasteiger partial charge in [-0.05, 0) is 52.1 Å². The van der Waals surface area contributed by atoms with E-state index in [1.165, 1.54) is 19.3 Å². The first-order chi connectivity index (χ1) is 8.87. The molecule has 0 aliphatic heterocycles. The monoisotopic (exact) mass is 269 g/mol. The summed E-state index contributed by atoms with van der Waals surface area (Å²) < 4.78 is 0. The van der Waals surface area contributed by atoms with Gasteiger partial charge in [-0.3, -0.25) is 4.79 Å². The summed E-state index contributed by atoms with van der Waals surface area (Å²) in [7, 11) is 2.15. The quantitative estimate of drug-likeness (QED) is 0.635. The van der Waals surface area contributed by atoms with Crippen molar-refractivity contribution in [1.29, 1.82) is 0 Å². The van der Waals surface area contributed by atoms with E-state index in [2.05, 4.69) is 31.1 Å². The minimum atomic E-state index is -0.529. The number of hydrogen-bond acceptors (Lipinski definition) is 3. The fraction of sp³-hybridized carbons (Fsp3) is 0.933. The van der Waals surface area contributed by atoms with E-state index in [0.29, 0.717) is 6.04 Å². The number of nitrogens with one attached hydrogen (secondary N) is 1. The number of rotatable bonds is 10. The summed E-state index contributed by atoms with van der Waals surface area (Å²) in [4.78, 5) is 14.0. The average Bonchev–Trinajstić information content (AvgIpc) is 3.12. The molecule has 3 N–H and O–H groups in total. The standard InChI is InChI=1S/C15H31N3O/c1-5-12(2)11-18(4)10-6-9-15(3,14(16)19)17-13-7-8-13/h12-13,17H,5-11H2,1-4H3,(H2,16,19). The Hall–Kier alpha value is -0.610. The van der Waals surface area contributed by atoms with Crippen LogP contribution < -0.4 is 11.1 Å². The summed E-state index contributed by atoms with van der Waals surface area (Å²) in [6.07, 6.45) is 5.40. The van der Waals surface area contributed by atoms with Gasteiger partial charge in [0.1, 0.15) is 0 Å². The maximum atomic E-state index is 11.6. The van der Waals surface area contributed by atoms with Gasteiger partial charge in [-0.15, -0.1) is 0 Å². The Bertz CT molecular complexity index is 291. The first-order valence-corrected chi connectivity index (χ1v) is 7.63. The number of nitrogens with two attached hydrogens (primary N) is 1. The lowest BCUT2D eigenvalue weighted by atomic mass is 9.94. The van der Waals surface area contributed by atoms with E-state index in [1.807, 2.05) is 6.92 Å². The third-order valence-electron chi connectivity index (χ3n) is 4.18. The van der Waals surface area contributed by atoms with E-state index < -0.39 is 5.54 Å². The van der Waals surface area contributed by atoms with Crippen LogP contribution in [0, 0.1) is 5.92 Å². The SMILES string of the molecule is CCC(C)CN(C)CCCC(C)(NC1CC1)C(N)=O. The van der Waals surface area contributed by atoms with Crippen LogP contribution in [0.5, 0.6) is 0 Å². The average molecular weight is 269 g/mol. The molecule has 0 spiro atoms. The van der Waals surface area contributed by atoms with Crippen LogP contribution in [0.1, 0.15) is 52.9 Å². The predicted molar refractivity (Wildman–Crippen MR) is 79.9 cm³/mol. The second-order valence-electron chi connectivity index (χ2n) is 6.49. The second kappa shape index (κ2) is 7.25. The largest absolute Gasteiger partial charge is 0.368 e. The lowest BCUT2D eigenvalue weighted by Gasteiger charge is -2.29. The van der Waals surface area contributed by atoms with Gasteiger partial charge in [0.25, 0.3) is 0 Å². The summed E-state index contributed by atoms with van der Waals surface area (Å²) in [5, 5.41) is 3.40.